The molecule has 0 saturated carbocycles. The maximum atomic E-state index is 13.2. The fourth-order valence-corrected chi connectivity index (χ4v) is 1.18. The summed E-state index contributed by atoms with van der Waals surface area (Å²) in [5.41, 5.74) is 0. The zero-order chi connectivity index (χ0) is 13.2. The Hall–Kier alpha value is -0.440. The van der Waals surface area contributed by atoms with Gasteiger partial charge in [0, 0.05) is 0 Å². The second kappa shape index (κ2) is 5.28. The number of ether oxygens (including phenoxy) is 4. The van der Waals surface area contributed by atoms with Crippen LogP contribution in [0.5, 0.6) is 0 Å². The van der Waals surface area contributed by atoms with Gasteiger partial charge in [0.05, 0.1) is 26.4 Å². The van der Waals surface area contributed by atoms with E-state index in [0.29, 0.717) is 13.2 Å². The summed E-state index contributed by atoms with van der Waals surface area (Å²) in [7, 11) is 0. The Labute approximate surface area is 101 Å². The molecule has 0 aromatic rings. The molecule has 2 unspecified atom stereocenters. The third-order valence-corrected chi connectivity index (χ3v) is 2.51. The van der Waals surface area contributed by atoms with E-state index >= 15 is 0 Å². The third kappa shape index (κ3) is 4.04. The number of hydrogen-bond acceptors (Lipinski definition) is 4. The lowest BCUT2D eigenvalue weighted by Crippen LogP contribution is -2.48. The van der Waals surface area contributed by atoms with Crippen molar-refractivity contribution >= 4 is 0 Å². The van der Waals surface area contributed by atoms with E-state index in [9.17, 15) is 17.6 Å². The molecule has 2 saturated heterocycles. The van der Waals surface area contributed by atoms with E-state index in [-0.39, 0.29) is 25.4 Å². The highest BCUT2D eigenvalue weighted by Gasteiger charge is 2.56. The van der Waals surface area contributed by atoms with Gasteiger partial charge in [-0.2, -0.15) is 17.6 Å². The van der Waals surface area contributed by atoms with Gasteiger partial charge in [-0.05, 0) is 0 Å². The molecule has 2 atom stereocenters. The van der Waals surface area contributed by atoms with Crippen LogP contribution in [-0.2, 0) is 18.9 Å². The number of rotatable bonds is 9. The quantitative estimate of drug-likeness (QED) is 0.466. The van der Waals surface area contributed by atoms with E-state index < -0.39 is 25.1 Å². The largest absolute Gasteiger partial charge is 0.372 e. The van der Waals surface area contributed by atoms with Crippen molar-refractivity contribution in [3.8, 4) is 0 Å². The van der Waals surface area contributed by atoms with Crippen molar-refractivity contribution in [1.29, 1.82) is 0 Å². The minimum atomic E-state index is -4.26. The minimum absolute atomic E-state index is 0.0948. The summed E-state index contributed by atoms with van der Waals surface area (Å²) in [6.07, 6.45) is -0.477. The molecule has 4 nitrogen and oxygen atoms in total. The van der Waals surface area contributed by atoms with Crippen molar-refractivity contribution in [2.45, 2.75) is 24.1 Å². The molecule has 0 aromatic heterocycles. The summed E-state index contributed by atoms with van der Waals surface area (Å²) in [5, 5.41) is 0. The highest BCUT2D eigenvalue weighted by atomic mass is 19.3. The van der Waals surface area contributed by atoms with Crippen LogP contribution in [0.4, 0.5) is 17.6 Å². The third-order valence-electron chi connectivity index (χ3n) is 2.51. The molecule has 18 heavy (non-hydrogen) atoms. The van der Waals surface area contributed by atoms with Gasteiger partial charge < -0.3 is 18.9 Å². The maximum absolute atomic E-state index is 13.2. The van der Waals surface area contributed by atoms with Gasteiger partial charge in [-0.1, -0.05) is 0 Å². The van der Waals surface area contributed by atoms with Crippen LogP contribution in [0, 0.1) is 0 Å². The van der Waals surface area contributed by atoms with Crippen LogP contribution in [-0.4, -0.2) is 63.7 Å². The van der Waals surface area contributed by atoms with Crippen LogP contribution < -0.4 is 0 Å². The van der Waals surface area contributed by atoms with Gasteiger partial charge in [0.15, 0.2) is 0 Å². The average Bonchev–Trinajstić information content (AvgIpc) is 3.11. The molecule has 0 bridgehead atoms. The Bertz CT molecular complexity index is 251. The van der Waals surface area contributed by atoms with Gasteiger partial charge in [0.25, 0.3) is 0 Å². The molecule has 2 rings (SSSR count). The molecule has 106 valence electrons. The Morgan fingerprint density at radius 3 is 1.44 bits per heavy atom. The zero-order valence-electron chi connectivity index (χ0n) is 9.54. The Morgan fingerprint density at radius 1 is 0.833 bits per heavy atom. The molecule has 0 radical (unpaired) electrons. The molecule has 2 aliphatic heterocycles. The fourth-order valence-electron chi connectivity index (χ4n) is 1.18. The lowest BCUT2D eigenvalue weighted by molar-refractivity contribution is -0.251. The van der Waals surface area contributed by atoms with Crippen LogP contribution in [0.1, 0.15) is 0 Å². The van der Waals surface area contributed by atoms with Crippen molar-refractivity contribution < 1.29 is 36.5 Å². The van der Waals surface area contributed by atoms with Crippen molar-refractivity contribution in [3.05, 3.63) is 0 Å². The van der Waals surface area contributed by atoms with Crippen LogP contribution in [0.15, 0.2) is 0 Å². The zero-order valence-corrected chi connectivity index (χ0v) is 9.54. The molecule has 0 spiro atoms. The molecule has 8 heteroatoms. The predicted molar refractivity (Wildman–Crippen MR) is 51.0 cm³/mol. The lowest BCUT2D eigenvalue weighted by Gasteiger charge is -2.26. The second-order valence-corrected chi connectivity index (χ2v) is 4.35. The lowest BCUT2D eigenvalue weighted by atomic mass is 10.2. The van der Waals surface area contributed by atoms with Gasteiger partial charge >= 0.3 is 11.8 Å². The van der Waals surface area contributed by atoms with Crippen molar-refractivity contribution in [2.24, 2.45) is 0 Å². The predicted octanol–water partition coefficient (Wildman–Crippen LogP) is 1.09. The van der Waals surface area contributed by atoms with Gasteiger partial charge in [-0.3, -0.25) is 0 Å². The van der Waals surface area contributed by atoms with Gasteiger partial charge in [0.2, 0.25) is 0 Å². The van der Waals surface area contributed by atoms with Gasteiger partial charge in [-0.15, -0.1) is 0 Å². The van der Waals surface area contributed by atoms with E-state index in [0.717, 1.165) is 0 Å². The molecule has 2 fully saturated rings. The monoisotopic (exact) mass is 274 g/mol. The van der Waals surface area contributed by atoms with Gasteiger partial charge in [-0.25, -0.2) is 0 Å². The van der Waals surface area contributed by atoms with Crippen molar-refractivity contribution in [2.75, 3.05) is 39.6 Å². The SMILES string of the molecule is FC(F)(COCC1CO1)C(F)(F)COCC1CO1. The highest BCUT2D eigenvalue weighted by Crippen LogP contribution is 2.35. The Balaban J connectivity index is 1.68. The van der Waals surface area contributed by atoms with E-state index in [1.165, 1.54) is 0 Å². The highest BCUT2D eigenvalue weighted by molar-refractivity contribution is 4.85. The Morgan fingerprint density at radius 2 is 1.17 bits per heavy atom. The van der Waals surface area contributed by atoms with E-state index in [1.807, 2.05) is 0 Å². The molecule has 0 amide bonds. The summed E-state index contributed by atoms with van der Waals surface area (Å²) in [6.45, 7) is -2.03. The van der Waals surface area contributed by atoms with Crippen molar-refractivity contribution in [1.82, 2.24) is 0 Å². The van der Waals surface area contributed by atoms with Crippen LogP contribution >= 0.6 is 0 Å². The van der Waals surface area contributed by atoms with E-state index in [1.54, 1.807) is 0 Å². The van der Waals surface area contributed by atoms with Gasteiger partial charge in [0.1, 0.15) is 25.4 Å². The molecule has 0 N–H and O–H groups in total. The van der Waals surface area contributed by atoms with Crippen LogP contribution in [0.3, 0.4) is 0 Å². The number of epoxide rings is 2. The average molecular weight is 274 g/mol. The van der Waals surface area contributed by atoms with Crippen LogP contribution in [0.25, 0.3) is 0 Å². The molecule has 2 aliphatic rings. The van der Waals surface area contributed by atoms with E-state index in [4.69, 9.17) is 9.47 Å². The summed E-state index contributed by atoms with van der Waals surface area (Å²) >= 11 is 0. The molecular formula is C10H14F4O4. The topological polar surface area (TPSA) is 43.5 Å². The molecular weight excluding hydrogens is 260 g/mol. The van der Waals surface area contributed by atoms with Crippen molar-refractivity contribution in [3.63, 3.8) is 0 Å². The summed E-state index contributed by atoms with van der Waals surface area (Å²) in [6, 6.07) is 0. The fraction of sp³-hybridized carbons (Fsp3) is 1.00. The first kappa shape index (κ1) is 14.0. The first-order valence-electron chi connectivity index (χ1n) is 5.55. The normalized spacial score (nSPS) is 27.3. The second-order valence-electron chi connectivity index (χ2n) is 4.35. The number of halogens is 4. The standard InChI is InChI=1S/C10H14F4O4/c11-9(12,5-15-1-7-3-17-7)10(13,14)6-16-2-8-4-18-8/h7-8H,1-6H2. The van der Waals surface area contributed by atoms with E-state index in [2.05, 4.69) is 9.47 Å². The smallest absolute Gasteiger partial charge is 0.335 e. The minimum Gasteiger partial charge on any atom is -0.372 e. The summed E-state index contributed by atoms with van der Waals surface area (Å²) in [4.78, 5) is 0. The van der Waals surface area contributed by atoms with Crippen LogP contribution in [0.2, 0.25) is 0 Å². The molecule has 0 aliphatic carbocycles. The number of hydrogen-bond donors (Lipinski definition) is 0. The first-order chi connectivity index (χ1) is 8.41. The molecule has 0 aromatic carbocycles. The summed E-state index contributed by atoms with van der Waals surface area (Å²) in [5.74, 6) is -8.52. The maximum Gasteiger partial charge on any atom is 0.335 e. The first-order valence-corrected chi connectivity index (χ1v) is 5.55. The molecule has 2 heterocycles. The Kier molecular flexibility index (Phi) is 4.10. The number of alkyl halides is 4. The summed E-state index contributed by atoms with van der Waals surface area (Å²) < 4.78 is 71.2.